The van der Waals surface area contributed by atoms with Crippen molar-refractivity contribution in [1.29, 1.82) is 0 Å². The van der Waals surface area contributed by atoms with Crippen LogP contribution in [0, 0.1) is 0 Å². The first-order chi connectivity index (χ1) is 4.35. The summed E-state index contributed by atoms with van der Waals surface area (Å²) in [5.74, 6) is 0. The van der Waals surface area contributed by atoms with Gasteiger partial charge in [-0.05, 0) is 24.6 Å². The normalized spacial score (nSPS) is 12.9. The van der Waals surface area contributed by atoms with Gasteiger partial charge >= 0.3 is 0 Å². The van der Waals surface area contributed by atoms with Crippen LogP contribution in [0.1, 0.15) is 26.7 Å². The van der Waals surface area contributed by atoms with E-state index in [1.165, 1.54) is 5.57 Å². The Morgan fingerprint density at radius 2 is 2.11 bits per heavy atom. The highest BCUT2D eigenvalue weighted by atomic mass is 14.5. The second-order valence-electron chi connectivity index (χ2n) is 1.91. The first-order valence-electron chi connectivity index (χ1n) is 3.42. The SMILES string of the molecule is CC/C=C\C(=C\N)CC. The van der Waals surface area contributed by atoms with Gasteiger partial charge in [-0.1, -0.05) is 26.0 Å². The molecule has 0 aromatic carbocycles. The second-order valence-corrected chi connectivity index (χ2v) is 1.91. The molecule has 0 amide bonds. The molecule has 1 nitrogen and oxygen atoms in total. The van der Waals surface area contributed by atoms with E-state index in [4.69, 9.17) is 5.73 Å². The fourth-order valence-corrected chi connectivity index (χ4v) is 0.560. The van der Waals surface area contributed by atoms with Gasteiger partial charge in [0.2, 0.25) is 0 Å². The minimum atomic E-state index is 1.02. The zero-order chi connectivity index (χ0) is 7.11. The minimum Gasteiger partial charge on any atom is -0.404 e. The van der Waals surface area contributed by atoms with Gasteiger partial charge in [0.15, 0.2) is 0 Å². The van der Waals surface area contributed by atoms with E-state index >= 15 is 0 Å². The Morgan fingerprint density at radius 3 is 2.44 bits per heavy atom. The lowest BCUT2D eigenvalue weighted by Crippen LogP contribution is -1.83. The third-order valence-electron chi connectivity index (χ3n) is 1.19. The van der Waals surface area contributed by atoms with Crippen LogP contribution < -0.4 is 5.73 Å². The van der Waals surface area contributed by atoms with E-state index < -0.39 is 0 Å². The maximum atomic E-state index is 5.31. The van der Waals surface area contributed by atoms with E-state index in [2.05, 4.69) is 26.0 Å². The first-order valence-corrected chi connectivity index (χ1v) is 3.42. The summed E-state index contributed by atoms with van der Waals surface area (Å²) in [7, 11) is 0. The molecule has 0 saturated carbocycles. The van der Waals surface area contributed by atoms with E-state index in [1.54, 1.807) is 6.20 Å². The van der Waals surface area contributed by atoms with Crippen LogP contribution in [0.3, 0.4) is 0 Å². The fraction of sp³-hybridized carbons (Fsp3) is 0.500. The Bertz CT molecular complexity index is 112. The predicted octanol–water partition coefficient (Wildman–Crippen LogP) is 2.21. The summed E-state index contributed by atoms with van der Waals surface area (Å²) in [4.78, 5) is 0. The molecule has 1 heteroatoms. The van der Waals surface area contributed by atoms with Gasteiger partial charge in [0, 0.05) is 0 Å². The number of rotatable bonds is 3. The van der Waals surface area contributed by atoms with Crippen LogP contribution in [0.15, 0.2) is 23.9 Å². The van der Waals surface area contributed by atoms with Crippen molar-refractivity contribution in [3.8, 4) is 0 Å². The number of nitrogens with two attached hydrogens (primary N) is 1. The fourth-order valence-electron chi connectivity index (χ4n) is 0.560. The van der Waals surface area contributed by atoms with E-state index in [0.717, 1.165) is 12.8 Å². The molecule has 0 aliphatic heterocycles. The van der Waals surface area contributed by atoms with Gasteiger partial charge in [-0.25, -0.2) is 0 Å². The Balaban J connectivity index is 3.70. The minimum absolute atomic E-state index is 1.02. The molecule has 0 saturated heterocycles. The number of allylic oxidation sites excluding steroid dienone is 3. The van der Waals surface area contributed by atoms with Crippen molar-refractivity contribution in [1.82, 2.24) is 0 Å². The van der Waals surface area contributed by atoms with Crippen molar-refractivity contribution in [2.75, 3.05) is 0 Å². The summed E-state index contributed by atoms with van der Waals surface area (Å²) in [6.07, 6.45) is 7.94. The predicted molar refractivity (Wildman–Crippen MR) is 42.0 cm³/mol. The molecule has 0 aliphatic rings. The lowest BCUT2D eigenvalue weighted by Gasteiger charge is -1.91. The molecule has 0 aromatic heterocycles. The van der Waals surface area contributed by atoms with Gasteiger partial charge in [0.1, 0.15) is 0 Å². The lowest BCUT2D eigenvalue weighted by atomic mass is 10.2. The maximum absolute atomic E-state index is 5.31. The molecule has 0 aromatic rings. The molecule has 0 atom stereocenters. The zero-order valence-corrected chi connectivity index (χ0v) is 6.22. The molecule has 0 aliphatic carbocycles. The topological polar surface area (TPSA) is 26.0 Å². The van der Waals surface area contributed by atoms with Crippen LogP contribution in [0.25, 0.3) is 0 Å². The van der Waals surface area contributed by atoms with Gasteiger partial charge in [-0.15, -0.1) is 0 Å². The summed E-state index contributed by atoms with van der Waals surface area (Å²) >= 11 is 0. The molecule has 0 rings (SSSR count). The van der Waals surface area contributed by atoms with Crippen LogP contribution in [0.2, 0.25) is 0 Å². The summed E-state index contributed by atoms with van der Waals surface area (Å²) in [6.45, 7) is 4.21. The van der Waals surface area contributed by atoms with Crippen LogP contribution >= 0.6 is 0 Å². The van der Waals surface area contributed by atoms with Crippen LogP contribution in [-0.2, 0) is 0 Å². The first kappa shape index (κ1) is 8.28. The Kier molecular flexibility index (Phi) is 4.98. The highest BCUT2D eigenvalue weighted by Crippen LogP contribution is 1.99. The highest BCUT2D eigenvalue weighted by molar-refractivity contribution is 5.16. The Morgan fingerprint density at radius 1 is 1.44 bits per heavy atom. The van der Waals surface area contributed by atoms with Crippen LogP contribution in [0.4, 0.5) is 0 Å². The summed E-state index contributed by atoms with van der Waals surface area (Å²) < 4.78 is 0. The van der Waals surface area contributed by atoms with Crippen molar-refractivity contribution in [2.24, 2.45) is 5.73 Å². The number of hydrogen-bond acceptors (Lipinski definition) is 1. The van der Waals surface area contributed by atoms with E-state index in [1.807, 2.05) is 0 Å². The molecule has 0 spiro atoms. The van der Waals surface area contributed by atoms with Crippen LogP contribution in [-0.4, -0.2) is 0 Å². The van der Waals surface area contributed by atoms with Crippen molar-refractivity contribution >= 4 is 0 Å². The largest absolute Gasteiger partial charge is 0.404 e. The quantitative estimate of drug-likeness (QED) is 0.575. The van der Waals surface area contributed by atoms with Gasteiger partial charge in [-0.2, -0.15) is 0 Å². The number of hydrogen-bond donors (Lipinski definition) is 1. The third-order valence-corrected chi connectivity index (χ3v) is 1.19. The molecule has 0 radical (unpaired) electrons. The van der Waals surface area contributed by atoms with Crippen LogP contribution in [0.5, 0.6) is 0 Å². The monoisotopic (exact) mass is 125 g/mol. The molecule has 0 bridgehead atoms. The van der Waals surface area contributed by atoms with Crippen molar-refractivity contribution in [3.63, 3.8) is 0 Å². The smallest absolute Gasteiger partial charge is 0.00299 e. The molecule has 9 heavy (non-hydrogen) atoms. The lowest BCUT2D eigenvalue weighted by molar-refractivity contribution is 1.12. The molecule has 52 valence electrons. The summed E-state index contributed by atoms with van der Waals surface area (Å²) in [5, 5.41) is 0. The molecule has 0 heterocycles. The molecule has 0 fully saturated rings. The molecule has 0 unspecified atom stereocenters. The molecular formula is C8H15N. The van der Waals surface area contributed by atoms with Crippen molar-refractivity contribution < 1.29 is 0 Å². The van der Waals surface area contributed by atoms with Gasteiger partial charge in [-0.3, -0.25) is 0 Å². The van der Waals surface area contributed by atoms with Crippen molar-refractivity contribution in [3.05, 3.63) is 23.9 Å². The van der Waals surface area contributed by atoms with Gasteiger partial charge in [0.05, 0.1) is 0 Å². The van der Waals surface area contributed by atoms with Gasteiger partial charge < -0.3 is 5.73 Å². The molecular weight excluding hydrogens is 110 g/mol. The van der Waals surface area contributed by atoms with Crippen molar-refractivity contribution in [2.45, 2.75) is 26.7 Å². The highest BCUT2D eigenvalue weighted by Gasteiger charge is 1.81. The van der Waals surface area contributed by atoms with E-state index in [-0.39, 0.29) is 0 Å². The maximum Gasteiger partial charge on any atom is -0.00299 e. The van der Waals surface area contributed by atoms with Gasteiger partial charge in [0.25, 0.3) is 0 Å². The third kappa shape index (κ3) is 3.83. The van der Waals surface area contributed by atoms with E-state index in [0.29, 0.717) is 0 Å². The second kappa shape index (κ2) is 5.42. The zero-order valence-electron chi connectivity index (χ0n) is 6.22. The summed E-state index contributed by atoms with van der Waals surface area (Å²) in [5.41, 5.74) is 6.52. The Hall–Kier alpha value is -0.720. The van der Waals surface area contributed by atoms with E-state index in [9.17, 15) is 0 Å². The molecule has 2 N–H and O–H groups in total. The Labute approximate surface area is 57.3 Å². The standard InChI is InChI=1S/C8H15N/c1-3-5-6-8(4-2)7-9/h5-7H,3-4,9H2,1-2H3/b6-5-,8-7+. The summed E-state index contributed by atoms with van der Waals surface area (Å²) in [6, 6.07) is 0. The average molecular weight is 125 g/mol. The average Bonchev–Trinajstić information content (AvgIpc) is 1.91.